The normalized spacial score (nSPS) is 12.9. The SMILES string of the molecule is C=C(CC(=O)OC(CCC)CCCC)C(=O)OC(C)OC(C)=O. The fourth-order valence-electron chi connectivity index (χ4n) is 1.98. The smallest absolute Gasteiger partial charge is 0.337 e. The van der Waals surface area contributed by atoms with Gasteiger partial charge in [-0.2, -0.15) is 0 Å². The standard InChI is InChI=1S/C17H28O6/c1-6-8-10-15(9-7-2)23-16(19)11-12(3)17(20)22-14(5)21-13(4)18/h14-15H,3,6-11H2,1-2,4-5H3. The lowest BCUT2D eigenvalue weighted by Gasteiger charge is -2.18. The molecule has 0 spiro atoms. The Balaban J connectivity index is 4.32. The van der Waals surface area contributed by atoms with E-state index in [0.29, 0.717) is 0 Å². The summed E-state index contributed by atoms with van der Waals surface area (Å²) < 4.78 is 14.9. The molecule has 0 heterocycles. The molecule has 6 heteroatoms. The fourth-order valence-corrected chi connectivity index (χ4v) is 1.98. The van der Waals surface area contributed by atoms with E-state index in [1.807, 2.05) is 6.92 Å². The Kier molecular flexibility index (Phi) is 10.7. The molecule has 0 fully saturated rings. The van der Waals surface area contributed by atoms with Crippen LogP contribution in [0.25, 0.3) is 0 Å². The van der Waals surface area contributed by atoms with Crippen LogP contribution in [0, 0.1) is 0 Å². The molecule has 0 saturated heterocycles. The highest BCUT2D eigenvalue weighted by molar-refractivity contribution is 5.93. The van der Waals surface area contributed by atoms with E-state index in [1.54, 1.807) is 0 Å². The first-order chi connectivity index (χ1) is 10.8. The highest BCUT2D eigenvalue weighted by Crippen LogP contribution is 2.14. The van der Waals surface area contributed by atoms with Crippen LogP contribution in [-0.2, 0) is 28.6 Å². The van der Waals surface area contributed by atoms with Gasteiger partial charge in [0.25, 0.3) is 0 Å². The van der Waals surface area contributed by atoms with Crippen LogP contribution in [0.4, 0.5) is 0 Å². The summed E-state index contributed by atoms with van der Waals surface area (Å²) in [7, 11) is 0. The van der Waals surface area contributed by atoms with Gasteiger partial charge in [-0.05, 0) is 12.8 Å². The summed E-state index contributed by atoms with van der Waals surface area (Å²) in [5, 5.41) is 0. The van der Waals surface area contributed by atoms with Gasteiger partial charge in [0.2, 0.25) is 6.29 Å². The fraction of sp³-hybridized carbons (Fsp3) is 0.706. The van der Waals surface area contributed by atoms with Gasteiger partial charge in [-0.3, -0.25) is 9.59 Å². The van der Waals surface area contributed by atoms with Gasteiger partial charge in [-0.1, -0.05) is 39.7 Å². The van der Waals surface area contributed by atoms with Gasteiger partial charge in [-0.25, -0.2) is 4.79 Å². The summed E-state index contributed by atoms with van der Waals surface area (Å²) in [5.41, 5.74) is -0.0280. The van der Waals surface area contributed by atoms with Crippen molar-refractivity contribution in [2.45, 2.75) is 78.6 Å². The van der Waals surface area contributed by atoms with Crippen molar-refractivity contribution < 1.29 is 28.6 Å². The van der Waals surface area contributed by atoms with E-state index in [9.17, 15) is 14.4 Å². The summed E-state index contributed by atoms with van der Waals surface area (Å²) in [4.78, 5) is 34.4. The molecule has 132 valence electrons. The quantitative estimate of drug-likeness (QED) is 0.329. The molecule has 0 aromatic heterocycles. The molecule has 0 bridgehead atoms. The Bertz CT molecular complexity index is 415. The van der Waals surface area contributed by atoms with E-state index >= 15 is 0 Å². The molecule has 0 rings (SSSR count). The molecule has 0 aromatic rings. The van der Waals surface area contributed by atoms with E-state index in [1.165, 1.54) is 13.8 Å². The second-order valence-corrected chi connectivity index (χ2v) is 5.41. The maximum absolute atomic E-state index is 11.9. The van der Waals surface area contributed by atoms with E-state index in [2.05, 4.69) is 18.2 Å². The molecule has 2 unspecified atom stereocenters. The Morgan fingerprint density at radius 3 is 2.17 bits per heavy atom. The summed E-state index contributed by atoms with van der Waals surface area (Å²) >= 11 is 0. The first-order valence-corrected chi connectivity index (χ1v) is 8.05. The zero-order valence-electron chi connectivity index (χ0n) is 14.6. The Morgan fingerprint density at radius 1 is 1.00 bits per heavy atom. The molecule has 0 amide bonds. The zero-order chi connectivity index (χ0) is 17.8. The molecule has 0 aliphatic rings. The van der Waals surface area contributed by atoms with Crippen molar-refractivity contribution in [1.29, 1.82) is 0 Å². The number of carbonyl (C=O) groups excluding carboxylic acids is 3. The second kappa shape index (κ2) is 11.7. The molecule has 2 atom stereocenters. The van der Waals surface area contributed by atoms with E-state index in [-0.39, 0.29) is 18.1 Å². The third kappa shape index (κ3) is 10.5. The number of esters is 3. The molecule has 0 saturated carbocycles. The minimum absolute atomic E-state index is 0.0280. The summed E-state index contributed by atoms with van der Waals surface area (Å²) in [5.74, 6) is -1.84. The molecular formula is C17H28O6. The minimum Gasteiger partial charge on any atom is -0.462 e. The van der Waals surface area contributed by atoms with Crippen LogP contribution in [0.15, 0.2) is 12.2 Å². The number of hydrogen-bond donors (Lipinski definition) is 0. The minimum atomic E-state index is -1.02. The van der Waals surface area contributed by atoms with Gasteiger partial charge >= 0.3 is 17.9 Å². The topological polar surface area (TPSA) is 78.9 Å². The number of hydrogen-bond acceptors (Lipinski definition) is 6. The van der Waals surface area contributed by atoms with Crippen molar-refractivity contribution >= 4 is 17.9 Å². The largest absolute Gasteiger partial charge is 0.462 e. The highest BCUT2D eigenvalue weighted by Gasteiger charge is 2.20. The van der Waals surface area contributed by atoms with Crippen LogP contribution in [0.2, 0.25) is 0 Å². The maximum Gasteiger partial charge on any atom is 0.337 e. The lowest BCUT2D eigenvalue weighted by Crippen LogP contribution is -2.23. The first kappa shape index (κ1) is 21.1. The van der Waals surface area contributed by atoms with Gasteiger partial charge < -0.3 is 14.2 Å². The van der Waals surface area contributed by atoms with Crippen molar-refractivity contribution in [3.8, 4) is 0 Å². The molecule has 0 N–H and O–H groups in total. The third-order valence-corrected chi connectivity index (χ3v) is 3.04. The molecule has 0 radical (unpaired) electrons. The van der Waals surface area contributed by atoms with Crippen LogP contribution in [-0.4, -0.2) is 30.3 Å². The molecule has 0 aliphatic heterocycles. The molecule has 0 aliphatic carbocycles. The van der Waals surface area contributed by atoms with Crippen LogP contribution in [0.3, 0.4) is 0 Å². The van der Waals surface area contributed by atoms with Crippen LogP contribution < -0.4 is 0 Å². The number of ether oxygens (including phenoxy) is 3. The molecule has 6 nitrogen and oxygen atoms in total. The lowest BCUT2D eigenvalue weighted by molar-refractivity contribution is -0.180. The predicted octanol–water partition coefficient (Wildman–Crippen LogP) is 3.29. The first-order valence-electron chi connectivity index (χ1n) is 8.05. The van der Waals surface area contributed by atoms with Gasteiger partial charge in [0.1, 0.15) is 6.10 Å². The van der Waals surface area contributed by atoms with Crippen molar-refractivity contribution in [3.63, 3.8) is 0 Å². The maximum atomic E-state index is 11.9. The Labute approximate surface area is 138 Å². The molecule has 23 heavy (non-hydrogen) atoms. The molecular weight excluding hydrogens is 300 g/mol. The number of unbranched alkanes of at least 4 members (excludes halogenated alkanes) is 1. The van der Waals surface area contributed by atoms with E-state index < -0.39 is 24.2 Å². The zero-order valence-corrected chi connectivity index (χ0v) is 14.6. The van der Waals surface area contributed by atoms with E-state index in [4.69, 9.17) is 9.47 Å². The Morgan fingerprint density at radius 2 is 1.65 bits per heavy atom. The van der Waals surface area contributed by atoms with Crippen LogP contribution in [0.5, 0.6) is 0 Å². The van der Waals surface area contributed by atoms with Crippen LogP contribution >= 0.6 is 0 Å². The summed E-state index contributed by atoms with van der Waals surface area (Å²) in [6, 6.07) is 0. The van der Waals surface area contributed by atoms with Crippen molar-refractivity contribution in [3.05, 3.63) is 12.2 Å². The lowest BCUT2D eigenvalue weighted by atomic mass is 10.1. The van der Waals surface area contributed by atoms with Gasteiger partial charge in [0.05, 0.1) is 6.42 Å². The summed E-state index contributed by atoms with van der Waals surface area (Å²) in [6.07, 6.45) is 3.16. The second-order valence-electron chi connectivity index (χ2n) is 5.41. The van der Waals surface area contributed by atoms with Crippen molar-refractivity contribution in [2.75, 3.05) is 0 Å². The van der Waals surface area contributed by atoms with Gasteiger partial charge in [0, 0.05) is 19.4 Å². The van der Waals surface area contributed by atoms with Crippen LogP contribution in [0.1, 0.15) is 66.2 Å². The monoisotopic (exact) mass is 328 g/mol. The average Bonchev–Trinajstić information content (AvgIpc) is 2.43. The highest BCUT2D eigenvalue weighted by atomic mass is 16.7. The van der Waals surface area contributed by atoms with Gasteiger partial charge in [0.15, 0.2) is 0 Å². The average molecular weight is 328 g/mol. The van der Waals surface area contributed by atoms with Crippen molar-refractivity contribution in [2.24, 2.45) is 0 Å². The third-order valence-electron chi connectivity index (χ3n) is 3.04. The Hall–Kier alpha value is -1.85. The number of carbonyl (C=O) groups is 3. The summed E-state index contributed by atoms with van der Waals surface area (Å²) in [6.45, 7) is 10.2. The predicted molar refractivity (Wildman–Crippen MR) is 85.4 cm³/mol. The molecule has 0 aromatic carbocycles. The van der Waals surface area contributed by atoms with Crippen molar-refractivity contribution in [1.82, 2.24) is 0 Å². The van der Waals surface area contributed by atoms with Gasteiger partial charge in [-0.15, -0.1) is 0 Å². The van der Waals surface area contributed by atoms with E-state index in [0.717, 1.165) is 32.1 Å². The number of rotatable bonds is 11.